The maximum absolute atomic E-state index is 12.8. The van der Waals surface area contributed by atoms with E-state index in [2.05, 4.69) is 6.58 Å². The second-order valence-electron chi connectivity index (χ2n) is 5.12. The Morgan fingerprint density at radius 1 is 1.35 bits per heavy atom. The minimum atomic E-state index is 0.106. The summed E-state index contributed by atoms with van der Waals surface area (Å²) in [5, 5.41) is 1.56. The van der Waals surface area contributed by atoms with E-state index in [4.69, 9.17) is 4.98 Å². The zero-order valence-electron chi connectivity index (χ0n) is 11.4. The van der Waals surface area contributed by atoms with Gasteiger partial charge in [-0.25, -0.2) is 4.98 Å². The fourth-order valence-electron chi connectivity index (χ4n) is 2.85. The lowest BCUT2D eigenvalue weighted by Crippen LogP contribution is -2.26. The first-order chi connectivity index (χ1) is 9.81. The molecule has 1 fully saturated rings. The topological polar surface area (TPSA) is 34.9 Å². The van der Waals surface area contributed by atoms with Crippen LogP contribution >= 0.6 is 11.8 Å². The van der Waals surface area contributed by atoms with Crippen LogP contribution in [0.2, 0.25) is 0 Å². The molecule has 1 aromatic heterocycles. The van der Waals surface area contributed by atoms with Crippen LogP contribution in [-0.4, -0.2) is 15.3 Å². The zero-order chi connectivity index (χ0) is 13.9. The van der Waals surface area contributed by atoms with Crippen LogP contribution in [0.4, 0.5) is 0 Å². The number of para-hydroxylation sites is 1. The smallest absolute Gasteiger partial charge is 0.262 e. The van der Waals surface area contributed by atoms with Crippen molar-refractivity contribution in [2.45, 2.75) is 36.9 Å². The quantitative estimate of drug-likeness (QED) is 0.487. The molecule has 0 saturated heterocycles. The van der Waals surface area contributed by atoms with Crippen LogP contribution in [0.1, 0.15) is 31.7 Å². The first-order valence-electron chi connectivity index (χ1n) is 7.06. The number of nitrogens with zero attached hydrogens (tertiary/aromatic N) is 2. The van der Waals surface area contributed by atoms with Gasteiger partial charge in [-0.1, -0.05) is 42.8 Å². The average Bonchev–Trinajstić information content (AvgIpc) is 2.99. The molecule has 3 nitrogen and oxygen atoms in total. The third-order valence-corrected chi connectivity index (χ3v) is 4.74. The van der Waals surface area contributed by atoms with Gasteiger partial charge in [-0.3, -0.25) is 9.36 Å². The van der Waals surface area contributed by atoms with E-state index >= 15 is 0 Å². The van der Waals surface area contributed by atoms with Gasteiger partial charge in [0.15, 0.2) is 5.16 Å². The molecule has 0 aliphatic heterocycles. The first-order valence-corrected chi connectivity index (χ1v) is 8.05. The van der Waals surface area contributed by atoms with E-state index in [1.165, 1.54) is 12.8 Å². The highest BCUT2D eigenvalue weighted by atomic mass is 32.2. The Labute approximate surface area is 122 Å². The largest absolute Gasteiger partial charge is 0.284 e. The SMILES string of the molecule is C=CCSc1nc2ccccc2c(=O)n1C1CCCC1. The lowest BCUT2D eigenvalue weighted by atomic mass is 10.2. The monoisotopic (exact) mass is 286 g/mol. The third kappa shape index (κ3) is 2.40. The summed E-state index contributed by atoms with van der Waals surface area (Å²) in [5.41, 5.74) is 0.896. The molecular weight excluding hydrogens is 268 g/mol. The summed E-state index contributed by atoms with van der Waals surface area (Å²) in [6, 6.07) is 7.93. The molecule has 0 amide bonds. The van der Waals surface area contributed by atoms with Crippen LogP contribution in [0.15, 0.2) is 46.9 Å². The Balaban J connectivity index is 2.19. The molecule has 1 saturated carbocycles. The van der Waals surface area contributed by atoms with Gasteiger partial charge in [0.1, 0.15) is 0 Å². The average molecular weight is 286 g/mol. The molecule has 2 aromatic rings. The molecule has 0 N–H and O–H groups in total. The summed E-state index contributed by atoms with van der Waals surface area (Å²) in [7, 11) is 0. The second-order valence-corrected chi connectivity index (χ2v) is 6.11. The highest BCUT2D eigenvalue weighted by Gasteiger charge is 2.22. The predicted molar refractivity (Wildman–Crippen MR) is 84.4 cm³/mol. The molecule has 104 valence electrons. The molecule has 0 unspecified atom stereocenters. The molecule has 1 aliphatic carbocycles. The van der Waals surface area contributed by atoms with Crippen molar-refractivity contribution in [1.82, 2.24) is 9.55 Å². The minimum Gasteiger partial charge on any atom is -0.284 e. The first kappa shape index (κ1) is 13.4. The Bertz CT molecular complexity index is 686. The molecule has 3 rings (SSSR count). The molecule has 0 bridgehead atoms. The summed E-state index contributed by atoms with van der Waals surface area (Å²) in [6.45, 7) is 3.75. The standard InChI is InChI=1S/C16H18N2OS/c1-2-11-20-16-17-14-10-6-5-9-13(14)15(19)18(16)12-7-3-4-8-12/h2,5-6,9-10,12H,1,3-4,7-8,11H2. The van der Waals surface area contributed by atoms with Gasteiger partial charge < -0.3 is 0 Å². The predicted octanol–water partition coefficient (Wildman–Crippen LogP) is 3.79. The zero-order valence-corrected chi connectivity index (χ0v) is 12.2. The van der Waals surface area contributed by atoms with Crippen molar-refractivity contribution >= 4 is 22.7 Å². The molecule has 4 heteroatoms. The molecule has 1 aromatic carbocycles. The molecule has 20 heavy (non-hydrogen) atoms. The Morgan fingerprint density at radius 3 is 2.85 bits per heavy atom. The van der Waals surface area contributed by atoms with Crippen molar-refractivity contribution in [3.8, 4) is 0 Å². The van der Waals surface area contributed by atoms with Crippen LogP contribution < -0.4 is 5.56 Å². The molecule has 1 aliphatic rings. The molecule has 1 heterocycles. The highest BCUT2D eigenvalue weighted by Crippen LogP contribution is 2.32. The maximum Gasteiger partial charge on any atom is 0.262 e. The second kappa shape index (κ2) is 5.83. The van der Waals surface area contributed by atoms with Gasteiger partial charge in [-0.15, -0.1) is 6.58 Å². The number of hydrogen-bond donors (Lipinski definition) is 0. The number of thioether (sulfide) groups is 1. The van der Waals surface area contributed by atoms with E-state index in [9.17, 15) is 4.79 Å². The summed E-state index contributed by atoms with van der Waals surface area (Å²) in [5.74, 6) is 0.775. The van der Waals surface area contributed by atoms with Crippen molar-refractivity contribution in [2.24, 2.45) is 0 Å². The van der Waals surface area contributed by atoms with Gasteiger partial charge in [0, 0.05) is 11.8 Å². The Hall–Kier alpha value is -1.55. The van der Waals surface area contributed by atoms with Gasteiger partial charge >= 0.3 is 0 Å². The van der Waals surface area contributed by atoms with Crippen LogP contribution in [0.3, 0.4) is 0 Å². The van der Waals surface area contributed by atoms with E-state index in [0.717, 1.165) is 34.7 Å². The summed E-state index contributed by atoms with van der Waals surface area (Å²) >= 11 is 1.60. The molecule has 0 atom stereocenters. The van der Waals surface area contributed by atoms with Crippen LogP contribution in [0.5, 0.6) is 0 Å². The molecular formula is C16H18N2OS. The van der Waals surface area contributed by atoms with Crippen molar-refractivity contribution in [3.63, 3.8) is 0 Å². The fraction of sp³-hybridized carbons (Fsp3) is 0.375. The van der Waals surface area contributed by atoms with Gasteiger partial charge in [-0.2, -0.15) is 0 Å². The van der Waals surface area contributed by atoms with Crippen molar-refractivity contribution in [2.75, 3.05) is 5.75 Å². The summed E-state index contributed by atoms with van der Waals surface area (Å²) in [6.07, 6.45) is 6.43. The van der Waals surface area contributed by atoms with Crippen LogP contribution in [0.25, 0.3) is 10.9 Å². The lowest BCUT2D eigenvalue weighted by Gasteiger charge is -2.18. The maximum atomic E-state index is 12.8. The normalized spacial score (nSPS) is 15.8. The van der Waals surface area contributed by atoms with Crippen molar-refractivity contribution in [3.05, 3.63) is 47.3 Å². The van der Waals surface area contributed by atoms with E-state index < -0.39 is 0 Å². The van der Waals surface area contributed by atoms with Crippen LogP contribution in [-0.2, 0) is 0 Å². The number of rotatable bonds is 4. The molecule has 0 spiro atoms. The van der Waals surface area contributed by atoms with E-state index in [-0.39, 0.29) is 5.56 Å². The van der Waals surface area contributed by atoms with E-state index in [1.807, 2.05) is 34.9 Å². The van der Waals surface area contributed by atoms with Crippen LogP contribution in [0, 0.1) is 0 Å². The van der Waals surface area contributed by atoms with Crippen molar-refractivity contribution < 1.29 is 0 Å². The number of fused-ring (bicyclic) bond motifs is 1. The van der Waals surface area contributed by atoms with Crippen molar-refractivity contribution in [1.29, 1.82) is 0 Å². The summed E-state index contributed by atoms with van der Waals surface area (Å²) in [4.78, 5) is 17.5. The molecule has 0 radical (unpaired) electrons. The Morgan fingerprint density at radius 2 is 2.10 bits per heavy atom. The number of hydrogen-bond acceptors (Lipinski definition) is 3. The van der Waals surface area contributed by atoms with E-state index in [0.29, 0.717) is 6.04 Å². The third-order valence-electron chi connectivity index (χ3n) is 3.80. The highest BCUT2D eigenvalue weighted by molar-refractivity contribution is 7.99. The minimum absolute atomic E-state index is 0.106. The van der Waals surface area contributed by atoms with Gasteiger partial charge in [0.2, 0.25) is 0 Å². The van der Waals surface area contributed by atoms with E-state index in [1.54, 1.807) is 11.8 Å². The van der Waals surface area contributed by atoms with Gasteiger partial charge in [0.05, 0.1) is 10.9 Å². The number of benzene rings is 1. The van der Waals surface area contributed by atoms with Gasteiger partial charge in [-0.05, 0) is 25.0 Å². The fourth-order valence-corrected chi connectivity index (χ4v) is 3.65. The summed E-state index contributed by atoms with van der Waals surface area (Å²) < 4.78 is 1.92. The Kier molecular flexibility index (Phi) is 3.92. The number of aromatic nitrogens is 2. The van der Waals surface area contributed by atoms with Gasteiger partial charge in [0.25, 0.3) is 5.56 Å². The lowest BCUT2D eigenvalue weighted by molar-refractivity contribution is 0.458.